The van der Waals surface area contributed by atoms with Crippen molar-refractivity contribution in [1.29, 1.82) is 0 Å². The smallest absolute Gasteiger partial charge is 0.341 e. The largest absolute Gasteiger partial charge is 0.465 e. The number of esters is 1. The number of nitrogens with zero attached hydrogens (tertiary/aromatic N) is 2. The maximum atomic E-state index is 14.8. The van der Waals surface area contributed by atoms with Gasteiger partial charge in [-0.15, -0.1) is 0 Å². The second-order valence-corrected chi connectivity index (χ2v) is 8.37. The second kappa shape index (κ2) is 11.0. The number of amides is 1. The van der Waals surface area contributed by atoms with Gasteiger partial charge in [-0.3, -0.25) is 4.79 Å². The van der Waals surface area contributed by atoms with Crippen LogP contribution in [0.15, 0.2) is 60.8 Å². The van der Waals surface area contributed by atoms with Crippen LogP contribution in [0.4, 0.5) is 8.78 Å². The molecule has 184 valence electrons. The van der Waals surface area contributed by atoms with Gasteiger partial charge in [0, 0.05) is 35.8 Å². The van der Waals surface area contributed by atoms with Crippen LogP contribution in [0.3, 0.4) is 0 Å². The average Bonchev–Trinajstić information content (AvgIpc) is 2.87. The third-order valence-corrected chi connectivity index (χ3v) is 5.98. The Bertz CT molecular complexity index is 1440. The fraction of sp³-hybridized carbons (Fsp3) is 0.214. The molecule has 0 aliphatic rings. The van der Waals surface area contributed by atoms with Crippen LogP contribution in [0.5, 0.6) is 0 Å². The molecule has 2 aromatic carbocycles. The lowest BCUT2D eigenvalue weighted by molar-refractivity contribution is -0.121. The van der Waals surface area contributed by atoms with E-state index in [4.69, 9.17) is 0 Å². The number of methoxy groups -OCH3 is 1. The minimum absolute atomic E-state index is 0.0141. The number of aromatic nitrogens is 2. The van der Waals surface area contributed by atoms with Crippen LogP contribution >= 0.6 is 0 Å². The molecule has 0 fully saturated rings. The van der Waals surface area contributed by atoms with Gasteiger partial charge in [0.15, 0.2) is 5.65 Å². The highest BCUT2D eigenvalue weighted by molar-refractivity contribution is 5.97. The molecule has 4 rings (SSSR count). The van der Waals surface area contributed by atoms with Crippen molar-refractivity contribution < 1.29 is 23.1 Å². The number of rotatable bonds is 8. The molecule has 2 heterocycles. The van der Waals surface area contributed by atoms with Crippen LogP contribution in [-0.2, 0) is 22.5 Å². The minimum Gasteiger partial charge on any atom is -0.465 e. The van der Waals surface area contributed by atoms with Crippen LogP contribution in [-0.4, -0.2) is 29.0 Å². The van der Waals surface area contributed by atoms with Gasteiger partial charge >= 0.3 is 5.97 Å². The van der Waals surface area contributed by atoms with E-state index in [1.807, 2.05) is 25.1 Å². The average molecular weight is 490 g/mol. The Morgan fingerprint density at radius 2 is 1.83 bits per heavy atom. The highest BCUT2D eigenvalue weighted by atomic mass is 19.1. The molecule has 0 radical (unpaired) electrons. The molecule has 36 heavy (non-hydrogen) atoms. The third kappa shape index (κ3) is 5.54. The van der Waals surface area contributed by atoms with Crippen LogP contribution in [0.25, 0.3) is 22.2 Å². The molecule has 0 saturated heterocycles. The first-order valence-corrected chi connectivity index (χ1v) is 11.5. The van der Waals surface area contributed by atoms with E-state index in [-0.39, 0.29) is 35.6 Å². The molecule has 0 aliphatic heterocycles. The summed E-state index contributed by atoms with van der Waals surface area (Å²) in [6, 6.07) is 14.3. The van der Waals surface area contributed by atoms with Crippen molar-refractivity contribution in [1.82, 2.24) is 15.3 Å². The van der Waals surface area contributed by atoms with E-state index < -0.39 is 17.6 Å². The molecular formula is C28H25F2N3O3. The van der Waals surface area contributed by atoms with Gasteiger partial charge in [-0.1, -0.05) is 24.3 Å². The molecule has 0 saturated carbocycles. The number of pyridine rings is 2. The topological polar surface area (TPSA) is 81.2 Å². The molecule has 6 nitrogen and oxygen atoms in total. The van der Waals surface area contributed by atoms with Gasteiger partial charge < -0.3 is 10.1 Å². The standard InChI is InChI=1S/C28H25F2N3O3/c1-17-18(14-20-7-5-13-31-27(20)33-17)6-3-10-25(34)32-16-21-12-11-19(15-24(21)30)22-8-4-9-23(29)26(22)28(35)36-2/h4-5,7-9,11-15H,3,6,10,16H2,1-2H3,(H,32,34). The maximum absolute atomic E-state index is 14.8. The summed E-state index contributed by atoms with van der Waals surface area (Å²) in [6.07, 6.45) is 3.31. The van der Waals surface area contributed by atoms with Crippen molar-refractivity contribution in [2.45, 2.75) is 32.7 Å². The van der Waals surface area contributed by atoms with Gasteiger partial charge in [0.05, 0.1) is 7.11 Å². The van der Waals surface area contributed by atoms with Gasteiger partial charge in [-0.25, -0.2) is 23.5 Å². The predicted octanol–water partition coefficient (Wildman–Crippen LogP) is 5.31. The van der Waals surface area contributed by atoms with Crippen LogP contribution < -0.4 is 5.32 Å². The second-order valence-electron chi connectivity index (χ2n) is 8.37. The van der Waals surface area contributed by atoms with E-state index in [1.54, 1.807) is 12.3 Å². The number of ether oxygens (including phenoxy) is 1. The lowest BCUT2D eigenvalue weighted by atomic mass is 9.98. The van der Waals surface area contributed by atoms with Gasteiger partial charge in [0.25, 0.3) is 0 Å². The summed E-state index contributed by atoms with van der Waals surface area (Å²) in [6.45, 7) is 1.94. The fourth-order valence-electron chi connectivity index (χ4n) is 4.05. The first kappa shape index (κ1) is 24.9. The summed E-state index contributed by atoms with van der Waals surface area (Å²) < 4.78 is 33.6. The van der Waals surface area contributed by atoms with Crippen LogP contribution in [0, 0.1) is 18.6 Å². The van der Waals surface area contributed by atoms with Gasteiger partial charge in [-0.05, 0) is 66.8 Å². The molecule has 2 aromatic heterocycles. The Morgan fingerprint density at radius 1 is 1.00 bits per heavy atom. The SMILES string of the molecule is COC(=O)c1c(F)cccc1-c1ccc(CNC(=O)CCCc2cc3cccnc3nc2C)c(F)c1. The number of hydrogen-bond acceptors (Lipinski definition) is 5. The lowest BCUT2D eigenvalue weighted by Gasteiger charge is -2.11. The zero-order valence-electron chi connectivity index (χ0n) is 20.0. The zero-order valence-corrected chi connectivity index (χ0v) is 20.0. The molecule has 0 bridgehead atoms. The van der Waals surface area contributed by atoms with Crippen molar-refractivity contribution in [3.8, 4) is 11.1 Å². The first-order chi connectivity index (χ1) is 17.4. The predicted molar refractivity (Wildman–Crippen MR) is 132 cm³/mol. The van der Waals surface area contributed by atoms with Gasteiger partial charge in [-0.2, -0.15) is 0 Å². The summed E-state index contributed by atoms with van der Waals surface area (Å²) in [5, 5.41) is 3.70. The summed E-state index contributed by atoms with van der Waals surface area (Å²) in [5.41, 5.74) is 3.23. The summed E-state index contributed by atoms with van der Waals surface area (Å²) in [5.74, 6) is -2.35. The van der Waals surface area contributed by atoms with E-state index >= 15 is 0 Å². The van der Waals surface area contributed by atoms with Gasteiger partial charge in [0.1, 0.15) is 17.2 Å². The van der Waals surface area contributed by atoms with Gasteiger partial charge in [0.2, 0.25) is 5.91 Å². The zero-order chi connectivity index (χ0) is 25.7. The number of fused-ring (bicyclic) bond motifs is 1. The molecule has 0 atom stereocenters. The Kier molecular flexibility index (Phi) is 7.63. The normalized spacial score (nSPS) is 10.9. The number of carbonyl (C=O) groups is 2. The minimum atomic E-state index is -0.842. The summed E-state index contributed by atoms with van der Waals surface area (Å²) in [7, 11) is 1.16. The number of carbonyl (C=O) groups excluding carboxylic acids is 2. The quantitative estimate of drug-likeness (QED) is 0.339. The molecule has 4 aromatic rings. The van der Waals surface area contributed by atoms with Crippen LogP contribution in [0.2, 0.25) is 0 Å². The summed E-state index contributed by atoms with van der Waals surface area (Å²) in [4.78, 5) is 33.1. The Morgan fingerprint density at radius 3 is 2.61 bits per heavy atom. The van der Waals surface area contributed by atoms with E-state index in [0.29, 0.717) is 24.1 Å². The number of hydrogen-bond donors (Lipinski definition) is 1. The summed E-state index contributed by atoms with van der Waals surface area (Å²) >= 11 is 0. The van der Waals surface area contributed by atoms with Crippen molar-refractivity contribution in [2.75, 3.05) is 7.11 Å². The number of benzene rings is 2. The molecule has 0 unspecified atom stereocenters. The molecule has 1 amide bonds. The Hall–Kier alpha value is -4.20. The van der Waals surface area contributed by atoms with E-state index in [1.165, 1.54) is 24.3 Å². The molecule has 1 N–H and O–H groups in total. The molecular weight excluding hydrogens is 464 g/mol. The van der Waals surface area contributed by atoms with Crippen molar-refractivity contribution in [3.05, 3.63) is 94.8 Å². The number of halogens is 2. The third-order valence-electron chi connectivity index (χ3n) is 5.98. The van der Waals surface area contributed by atoms with E-state index in [9.17, 15) is 18.4 Å². The first-order valence-electron chi connectivity index (χ1n) is 11.5. The van der Waals surface area contributed by atoms with Crippen LogP contribution in [0.1, 0.15) is 40.0 Å². The molecule has 0 spiro atoms. The van der Waals surface area contributed by atoms with Crippen molar-refractivity contribution in [2.24, 2.45) is 0 Å². The molecule has 8 heteroatoms. The van der Waals surface area contributed by atoms with E-state index in [2.05, 4.69) is 20.0 Å². The highest BCUT2D eigenvalue weighted by Crippen LogP contribution is 2.28. The van der Waals surface area contributed by atoms with Crippen molar-refractivity contribution >= 4 is 22.9 Å². The fourth-order valence-corrected chi connectivity index (χ4v) is 4.05. The van der Waals surface area contributed by atoms with E-state index in [0.717, 1.165) is 29.8 Å². The highest BCUT2D eigenvalue weighted by Gasteiger charge is 2.19. The monoisotopic (exact) mass is 489 g/mol. The van der Waals surface area contributed by atoms with Crippen molar-refractivity contribution in [3.63, 3.8) is 0 Å². The lowest BCUT2D eigenvalue weighted by Crippen LogP contribution is -2.23. The Labute approximate surface area is 207 Å². The Balaban J connectivity index is 1.35. The number of aryl methyl sites for hydroxylation is 2. The molecule has 0 aliphatic carbocycles. The maximum Gasteiger partial charge on any atom is 0.341 e. The number of nitrogens with one attached hydrogen (secondary N) is 1.